The summed E-state index contributed by atoms with van der Waals surface area (Å²) in [5.74, 6) is 5.51. The minimum Gasteiger partial charge on any atom is -0.453 e. The number of hydrogen-bond acceptors (Lipinski definition) is 3. The molecule has 0 aliphatic carbocycles. The molecule has 2 aliphatic rings. The van der Waals surface area contributed by atoms with E-state index >= 15 is 0 Å². The molecule has 2 aliphatic heterocycles. The maximum atomic E-state index is 12.9. The average Bonchev–Trinajstić information content (AvgIpc) is 2.79. The second kappa shape index (κ2) is 5.62. The lowest BCUT2D eigenvalue weighted by Crippen LogP contribution is -2.52. The number of rotatable bonds is 0. The summed E-state index contributed by atoms with van der Waals surface area (Å²) < 4.78 is 17.7. The van der Waals surface area contributed by atoms with Crippen LogP contribution in [0.5, 0.6) is 0 Å². The third-order valence-corrected chi connectivity index (χ3v) is 4.44. The highest BCUT2D eigenvalue weighted by Crippen LogP contribution is 2.40. The summed E-state index contributed by atoms with van der Waals surface area (Å²) in [5, 5.41) is 10.7. The number of aliphatic hydroxyl groups is 1. The summed E-state index contributed by atoms with van der Waals surface area (Å²) in [6, 6.07) is 5.81. The van der Waals surface area contributed by atoms with Gasteiger partial charge < -0.3 is 14.7 Å². The zero-order valence-corrected chi connectivity index (χ0v) is 12.4. The van der Waals surface area contributed by atoms with E-state index in [1.165, 1.54) is 19.2 Å². The Bertz CT molecular complexity index is 618. The van der Waals surface area contributed by atoms with Gasteiger partial charge in [-0.05, 0) is 37.1 Å². The third kappa shape index (κ3) is 2.79. The lowest BCUT2D eigenvalue weighted by molar-refractivity contribution is -0.00730. The molecule has 2 fully saturated rings. The fraction of sp³-hybridized carbons (Fsp3) is 0.471. The van der Waals surface area contributed by atoms with Gasteiger partial charge in [-0.2, -0.15) is 0 Å². The molecule has 0 radical (unpaired) electrons. The number of fused-ring (bicyclic) bond motifs is 2. The van der Waals surface area contributed by atoms with Gasteiger partial charge in [0, 0.05) is 30.5 Å². The highest BCUT2D eigenvalue weighted by molar-refractivity contribution is 5.69. The molecular formula is C17H18FNO3. The molecule has 22 heavy (non-hydrogen) atoms. The molecule has 2 heterocycles. The Morgan fingerprint density at radius 2 is 1.91 bits per heavy atom. The number of carbonyl (C=O) groups excluding carboxylic acids is 1. The SMILES string of the molecule is COC(=O)N1[C@@H]2CC[C@@H]1CC(O)(C#Cc1ccc(F)cc1)C2. The molecule has 0 aromatic heterocycles. The van der Waals surface area contributed by atoms with Gasteiger partial charge in [-0.3, -0.25) is 0 Å². The number of nitrogens with zero attached hydrogens (tertiary/aromatic N) is 1. The van der Waals surface area contributed by atoms with Crippen molar-refractivity contribution in [3.63, 3.8) is 0 Å². The molecule has 0 unspecified atom stereocenters. The maximum absolute atomic E-state index is 12.9. The van der Waals surface area contributed by atoms with Crippen LogP contribution in [0.25, 0.3) is 0 Å². The van der Waals surface area contributed by atoms with E-state index in [4.69, 9.17) is 4.74 Å². The van der Waals surface area contributed by atoms with E-state index in [1.807, 2.05) is 0 Å². The van der Waals surface area contributed by atoms with E-state index in [2.05, 4.69) is 11.8 Å². The first-order chi connectivity index (χ1) is 10.5. The van der Waals surface area contributed by atoms with Gasteiger partial charge in [-0.15, -0.1) is 0 Å². The molecule has 0 saturated carbocycles. The first-order valence-corrected chi connectivity index (χ1v) is 7.38. The van der Waals surface area contributed by atoms with E-state index in [-0.39, 0.29) is 24.0 Å². The van der Waals surface area contributed by atoms with Crippen LogP contribution in [0.15, 0.2) is 24.3 Å². The van der Waals surface area contributed by atoms with Crippen molar-refractivity contribution in [3.05, 3.63) is 35.6 Å². The molecule has 2 atom stereocenters. The van der Waals surface area contributed by atoms with Gasteiger partial charge >= 0.3 is 6.09 Å². The van der Waals surface area contributed by atoms with Crippen LogP contribution in [-0.2, 0) is 4.74 Å². The van der Waals surface area contributed by atoms with Crippen molar-refractivity contribution >= 4 is 6.09 Å². The smallest absolute Gasteiger partial charge is 0.409 e. The lowest BCUT2D eigenvalue weighted by atomic mass is 9.86. The van der Waals surface area contributed by atoms with Crippen molar-refractivity contribution in [2.24, 2.45) is 0 Å². The normalized spacial score (nSPS) is 29.7. The summed E-state index contributed by atoms with van der Waals surface area (Å²) in [6.45, 7) is 0. The Morgan fingerprint density at radius 1 is 1.32 bits per heavy atom. The second-order valence-corrected chi connectivity index (χ2v) is 5.96. The van der Waals surface area contributed by atoms with Crippen molar-refractivity contribution < 1.29 is 19.0 Å². The first kappa shape index (κ1) is 14.9. The lowest BCUT2D eigenvalue weighted by Gasteiger charge is -2.40. The highest BCUT2D eigenvalue weighted by atomic mass is 19.1. The molecule has 4 nitrogen and oxygen atoms in total. The first-order valence-electron chi connectivity index (χ1n) is 7.38. The third-order valence-electron chi connectivity index (χ3n) is 4.44. The number of amides is 1. The maximum Gasteiger partial charge on any atom is 0.409 e. The van der Waals surface area contributed by atoms with Crippen molar-refractivity contribution in [1.82, 2.24) is 4.90 Å². The van der Waals surface area contributed by atoms with Crippen LogP contribution < -0.4 is 0 Å². The molecule has 2 saturated heterocycles. The van der Waals surface area contributed by atoms with E-state index < -0.39 is 5.60 Å². The molecule has 3 rings (SSSR count). The summed E-state index contributed by atoms with van der Waals surface area (Å²) in [5.41, 5.74) is -0.442. The Labute approximate surface area is 128 Å². The quantitative estimate of drug-likeness (QED) is 0.748. The molecule has 0 spiro atoms. The average molecular weight is 303 g/mol. The zero-order chi connectivity index (χ0) is 15.7. The molecule has 1 aromatic rings. The van der Waals surface area contributed by atoms with Crippen LogP contribution in [-0.4, -0.2) is 40.9 Å². The van der Waals surface area contributed by atoms with Crippen molar-refractivity contribution in [3.8, 4) is 11.8 Å². The minimum atomic E-state index is -1.11. The minimum absolute atomic E-state index is 0.0290. The molecular weight excluding hydrogens is 285 g/mol. The summed E-state index contributed by atoms with van der Waals surface area (Å²) >= 11 is 0. The highest BCUT2D eigenvalue weighted by Gasteiger charge is 2.49. The fourth-order valence-corrected chi connectivity index (χ4v) is 3.45. The van der Waals surface area contributed by atoms with Gasteiger partial charge in [0.2, 0.25) is 0 Å². The summed E-state index contributed by atoms with van der Waals surface area (Å²) in [6.07, 6.45) is 2.24. The molecule has 1 N–H and O–H groups in total. The number of ether oxygens (including phenoxy) is 1. The van der Waals surface area contributed by atoms with Gasteiger partial charge in [-0.1, -0.05) is 11.8 Å². The van der Waals surface area contributed by atoms with Crippen molar-refractivity contribution in [2.45, 2.75) is 43.4 Å². The van der Waals surface area contributed by atoms with E-state index in [0.717, 1.165) is 12.8 Å². The summed E-state index contributed by atoms with van der Waals surface area (Å²) in [7, 11) is 1.37. The predicted octanol–water partition coefficient (Wildman–Crippen LogP) is 2.30. The number of benzene rings is 1. The monoisotopic (exact) mass is 303 g/mol. The molecule has 1 aromatic carbocycles. The standard InChI is InChI=1S/C17H18FNO3/c1-22-16(20)19-14-6-7-15(19)11-17(21,10-14)9-8-12-2-4-13(18)5-3-12/h2-5,14-15,21H,6-7,10-11H2,1H3/t14-,15-/m1/s1. The Balaban J connectivity index is 1.77. The van der Waals surface area contributed by atoms with Crippen LogP contribution in [0.3, 0.4) is 0 Å². The Kier molecular flexibility index (Phi) is 3.79. The number of piperidine rings is 1. The molecule has 5 heteroatoms. The Hall–Kier alpha value is -2.06. The van der Waals surface area contributed by atoms with E-state index in [0.29, 0.717) is 18.4 Å². The van der Waals surface area contributed by atoms with Crippen LogP contribution in [0, 0.1) is 17.7 Å². The molecule has 116 valence electrons. The van der Waals surface area contributed by atoms with Gasteiger partial charge in [0.1, 0.15) is 11.4 Å². The Morgan fingerprint density at radius 3 is 2.45 bits per heavy atom. The second-order valence-electron chi connectivity index (χ2n) is 5.96. The van der Waals surface area contributed by atoms with Crippen molar-refractivity contribution in [1.29, 1.82) is 0 Å². The topological polar surface area (TPSA) is 49.8 Å². The summed E-state index contributed by atoms with van der Waals surface area (Å²) in [4.78, 5) is 13.5. The van der Waals surface area contributed by atoms with Crippen LogP contribution in [0.4, 0.5) is 9.18 Å². The van der Waals surface area contributed by atoms with Crippen LogP contribution >= 0.6 is 0 Å². The molecule has 2 bridgehead atoms. The van der Waals surface area contributed by atoms with Gasteiger partial charge in [0.05, 0.1) is 7.11 Å². The van der Waals surface area contributed by atoms with Crippen molar-refractivity contribution in [2.75, 3.05) is 7.11 Å². The van der Waals surface area contributed by atoms with Gasteiger partial charge in [-0.25, -0.2) is 9.18 Å². The van der Waals surface area contributed by atoms with Gasteiger partial charge in [0.25, 0.3) is 0 Å². The predicted molar refractivity (Wildman–Crippen MR) is 78.5 cm³/mol. The van der Waals surface area contributed by atoms with E-state index in [9.17, 15) is 14.3 Å². The van der Waals surface area contributed by atoms with Crippen LogP contribution in [0.2, 0.25) is 0 Å². The fourth-order valence-electron chi connectivity index (χ4n) is 3.45. The van der Waals surface area contributed by atoms with Crippen LogP contribution in [0.1, 0.15) is 31.2 Å². The van der Waals surface area contributed by atoms with Gasteiger partial charge in [0.15, 0.2) is 0 Å². The number of methoxy groups -OCH3 is 1. The zero-order valence-electron chi connectivity index (χ0n) is 12.4. The van der Waals surface area contributed by atoms with E-state index in [1.54, 1.807) is 17.0 Å². The number of carbonyl (C=O) groups is 1. The molecule has 1 amide bonds. The largest absolute Gasteiger partial charge is 0.453 e. The number of hydrogen-bond donors (Lipinski definition) is 1. The number of halogens is 1.